The van der Waals surface area contributed by atoms with Crippen LogP contribution in [0.5, 0.6) is 0 Å². The lowest BCUT2D eigenvalue weighted by atomic mass is 10.0. The SMILES string of the molecule is O=C(NCC(O)CNc1ccc(N2CCCCC2C(=O)O)cc1)c1ccc(Cl)s1. The predicted molar refractivity (Wildman–Crippen MR) is 115 cm³/mol. The maximum atomic E-state index is 12.0. The number of hydrogen-bond donors (Lipinski definition) is 4. The number of thiophene rings is 1. The molecule has 1 saturated heterocycles. The molecule has 2 heterocycles. The average Bonchev–Trinajstić information content (AvgIpc) is 3.17. The molecular weight excluding hydrogens is 414 g/mol. The number of benzene rings is 1. The number of carbonyl (C=O) groups excluding carboxylic acids is 1. The van der Waals surface area contributed by atoms with Gasteiger partial charge in [-0.2, -0.15) is 0 Å². The topological polar surface area (TPSA) is 102 Å². The van der Waals surface area contributed by atoms with Crippen molar-refractivity contribution in [1.29, 1.82) is 0 Å². The van der Waals surface area contributed by atoms with Crippen molar-refractivity contribution in [1.82, 2.24) is 5.32 Å². The summed E-state index contributed by atoms with van der Waals surface area (Å²) < 4.78 is 0.542. The van der Waals surface area contributed by atoms with Gasteiger partial charge >= 0.3 is 5.97 Å². The molecule has 1 aliphatic rings. The van der Waals surface area contributed by atoms with Crippen molar-refractivity contribution < 1.29 is 19.8 Å². The summed E-state index contributed by atoms with van der Waals surface area (Å²) in [4.78, 5) is 25.9. The second-order valence-electron chi connectivity index (χ2n) is 6.94. The Morgan fingerprint density at radius 3 is 2.59 bits per heavy atom. The van der Waals surface area contributed by atoms with E-state index in [9.17, 15) is 19.8 Å². The number of anilines is 2. The van der Waals surface area contributed by atoms with Gasteiger partial charge < -0.3 is 25.7 Å². The van der Waals surface area contributed by atoms with Gasteiger partial charge in [-0.15, -0.1) is 11.3 Å². The van der Waals surface area contributed by atoms with Crippen molar-refractivity contribution in [3.05, 3.63) is 45.6 Å². The highest BCUT2D eigenvalue weighted by molar-refractivity contribution is 7.17. The number of hydrogen-bond acceptors (Lipinski definition) is 6. The molecule has 2 unspecified atom stereocenters. The number of rotatable bonds is 8. The van der Waals surface area contributed by atoms with Gasteiger partial charge in [0.25, 0.3) is 5.91 Å². The summed E-state index contributed by atoms with van der Waals surface area (Å²) in [5.74, 6) is -1.05. The Morgan fingerprint density at radius 2 is 1.93 bits per heavy atom. The molecule has 2 atom stereocenters. The number of halogens is 1. The molecule has 29 heavy (non-hydrogen) atoms. The fourth-order valence-electron chi connectivity index (χ4n) is 3.31. The van der Waals surface area contributed by atoms with Crippen LogP contribution in [0.15, 0.2) is 36.4 Å². The number of nitrogens with zero attached hydrogens (tertiary/aromatic N) is 1. The van der Waals surface area contributed by atoms with Crippen molar-refractivity contribution in [2.24, 2.45) is 0 Å². The number of aliphatic hydroxyl groups is 1. The third-order valence-corrected chi connectivity index (χ3v) is 6.05. The van der Waals surface area contributed by atoms with Crippen molar-refractivity contribution in [2.75, 3.05) is 29.9 Å². The molecule has 0 aliphatic carbocycles. The lowest BCUT2D eigenvalue weighted by Gasteiger charge is -2.35. The molecule has 2 aromatic rings. The quantitative estimate of drug-likeness (QED) is 0.506. The summed E-state index contributed by atoms with van der Waals surface area (Å²) in [5.41, 5.74) is 1.69. The molecule has 1 fully saturated rings. The maximum absolute atomic E-state index is 12.0. The second-order valence-corrected chi connectivity index (χ2v) is 8.65. The zero-order valence-electron chi connectivity index (χ0n) is 15.8. The van der Waals surface area contributed by atoms with Crippen LogP contribution in [0.2, 0.25) is 4.34 Å². The smallest absolute Gasteiger partial charge is 0.326 e. The molecule has 1 amide bonds. The molecule has 0 saturated carbocycles. The maximum Gasteiger partial charge on any atom is 0.326 e. The van der Waals surface area contributed by atoms with Crippen molar-refractivity contribution in [3.63, 3.8) is 0 Å². The van der Waals surface area contributed by atoms with Crippen LogP contribution in [0.4, 0.5) is 11.4 Å². The number of carboxylic acids is 1. The third kappa shape index (κ3) is 5.85. The van der Waals surface area contributed by atoms with E-state index < -0.39 is 18.1 Å². The highest BCUT2D eigenvalue weighted by Crippen LogP contribution is 2.26. The molecular formula is C20H24ClN3O4S. The minimum atomic E-state index is -0.790. The summed E-state index contributed by atoms with van der Waals surface area (Å²) in [6.07, 6.45) is 1.82. The third-order valence-electron chi connectivity index (χ3n) is 4.82. The van der Waals surface area contributed by atoms with E-state index in [2.05, 4.69) is 10.6 Å². The number of aliphatic hydroxyl groups excluding tert-OH is 1. The van der Waals surface area contributed by atoms with E-state index in [1.807, 2.05) is 29.2 Å². The summed E-state index contributed by atoms with van der Waals surface area (Å²) in [5, 5.41) is 25.3. The Labute approximate surface area is 178 Å². The lowest BCUT2D eigenvalue weighted by Crippen LogP contribution is -2.44. The van der Waals surface area contributed by atoms with E-state index in [0.29, 0.717) is 15.6 Å². The van der Waals surface area contributed by atoms with E-state index in [-0.39, 0.29) is 19.0 Å². The minimum Gasteiger partial charge on any atom is -0.480 e. The molecule has 7 nitrogen and oxygen atoms in total. The van der Waals surface area contributed by atoms with Gasteiger partial charge in [-0.3, -0.25) is 4.79 Å². The van der Waals surface area contributed by atoms with Crippen LogP contribution in [0.3, 0.4) is 0 Å². The first kappa shape index (κ1) is 21.4. The minimum absolute atomic E-state index is 0.119. The first-order chi connectivity index (χ1) is 13.9. The number of piperidine rings is 1. The fourth-order valence-corrected chi connectivity index (χ4v) is 4.27. The van der Waals surface area contributed by atoms with Gasteiger partial charge in [0.1, 0.15) is 6.04 Å². The predicted octanol–water partition coefficient (Wildman–Crippen LogP) is 3.05. The van der Waals surface area contributed by atoms with E-state index >= 15 is 0 Å². The average molecular weight is 438 g/mol. The molecule has 9 heteroatoms. The molecule has 1 aliphatic heterocycles. The van der Waals surface area contributed by atoms with E-state index in [4.69, 9.17) is 11.6 Å². The molecule has 0 spiro atoms. The first-order valence-corrected chi connectivity index (χ1v) is 10.7. The zero-order chi connectivity index (χ0) is 20.8. The monoisotopic (exact) mass is 437 g/mol. The van der Waals surface area contributed by atoms with Crippen LogP contribution < -0.4 is 15.5 Å². The van der Waals surface area contributed by atoms with Crippen molar-refractivity contribution >= 4 is 46.2 Å². The number of aliphatic carboxylic acids is 1. The van der Waals surface area contributed by atoms with Gasteiger partial charge in [0.05, 0.1) is 15.3 Å². The molecule has 156 valence electrons. The highest BCUT2D eigenvalue weighted by Gasteiger charge is 2.28. The van der Waals surface area contributed by atoms with Crippen molar-refractivity contribution in [3.8, 4) is 0 Å². The Bertz CT molecular complexity index is 843. The van der Waals surface area contributed by atoms with Crippen LogP contribution in [0.25, 0.3) is 0 Å². The van der Waals surface area contributed by atoms with E-state index in [1.54, 1.807) is 12.1 Å². The molecule has 0 bridgehead atoms. The Hall–Kier alpha value is -2.29. The van der Waals surface area contributed by atoms with Gasteiger partial charge in [0.2, 0.25) is 0 Å². The van der Waals surface area contributed by atoms with Gasteiger partial charge in [-0.05, 0) is 55.7 Å². The van der Waals surface area contributed by atoms with Crippen molar-refractivity contribution in [2.45, 2.75) is 31.4 Å². The molecule has 4 N–H and O–H groups in total. The van der Waals surface area contributed by atoms with Gasteiger partial charge in [0, 0.05) is 31.0 Å². The molecule has 0 radical (unpaired) electrons. The molecule has 3 rings (SSSR count). The summed E-state index contributed by atoms with van der Waals surface area (Å²) in [6, 6.07) is 10.3. The summed E-state index contributed by atoms with van der Waals surface area (Å²) >= 11 is 7.00. The second kappa shape index (κ2) is 9.96. The molecule has 1 aromatic heterocycles. The number of carbonyl (C=O) groups is 2. The lowest BCUT2D eigenvalue weighted by molar-refractivity contribution is -0.139. The van der Waals surface area contributed by atoms with E-state index in [0.717, 1.165) is 30.8 Å². The first-order valence-electron chi connectivity index (χ1n) is 9.49. The van der Waals surface area contributed by atoms with Crippen LogP contribution in [-0.4, -0.2) is 53.9 Å². The van der Waals surface area contributed by atoms with E-state index in [1.165, 1.54) is 11.3 Å². The largest absolute Gasteiger partial charge is 0.480 e. The van der Waals surface area contributed by atoms with Crippen LogP contribution in [0.1, 0.15) is 28.9 Å². The Kier molecular flexibility index (Phi) is 7.35. The Morgan fingerprint density at radius 1 is 1.17 bits per heavy atom. The van der Waals surface area contributed by atoms with Gasteiger partial charge in [0.15, 0.2) is 0 Å². The number of nitrogens with one attached hydrogen (secondary N) is 2. The number of amides is 1. The van der Waals surface area contributed by atoms with Crippen LogP contribution in [0, 0.1) is 0 Å². The summed E-state index contributed by atoms with van der Waals surface area (Å²) in [6.45, 7) is 1.12. The molecule has 1 aromatic carbocycles. The summed E-state index contributed by atoms with van der Waals surface area (Å²) in [7, 11) is 0. The van der Waals surface area contributed by atoms with Gasteiger partial charge in [-0.25, -0.2) is 4.79 Å². The Balaban J connectivity index is 1.47. The van der Waals surface area contributed by atoms with Crippen LogP contribution in [-0.2, 0) is 4.79 Å². The fraction of sp³-hybridized carbons (Fsp3) is 0.400. The normalized spacial score (nSPS) is 17.6. The standard InChI is InChI=1S/C20H24ClN3O4S/c21-18-9-8-17(29-18)19(26)23-12-15(25)11-22-13-4-6-14(7-5-13)24-10-2-1-3-16(24)20(27)28/h4-9,15-16,22,25H,1-3,10-12H2,(H,23,26)(H,27,28). The highest BCUT2D eigenvalue weighted by atomic mass is 35.5. The number of carboxylic acid groups (broad SMARTS) is 1. The van der Waals surface area contributed by atoms with Crippen LogP contribution >= 0.6 is 22.9 Å². The van der Waals surface area contributed by atoms with Gasteiger partial charge in [-0.1, -0.05) is 11.6 Å². The zero-order valence-corrected chi connectivity index (χ0v) is 17.4.